The Morgan fingerprint density at radius 2 is 1.68 bits per heavy atom. The van der Waals surface area contributed by atoms with Crippen molar-refractivity contribution in [3.05, 3.63) is 30.0 Å². The molecule has 38 heavy (non-hydrogen) atoms. The molecule has 1 aliphatic rings. The number of nitrogens with zero attached hydrogens (tertiary/aromatic N) is 2. The number of nitrogens with one attached hydrogen (secondary N) is 2. The summed E-state index contributed by atoms with van der Waals surface area (Å²) < 4.78 is 113. The first-order valence-corrected chi connectivity index (χ1v) is 12.7. The van der Waals surface area contributed by atoms with Crippen LogP contribution in [0, 0.1) is 5.92 Å². The van der Waals surface area contributed by atoms with Gasteiger partial charge in [0.2, 0.25) is 21.6 Å². The Bertz CT molecular complexity index is 1280. The van der Waals surface area contributed by atoms with Gasteiger partial charge in [-0.1, -0.05) is 12.1 Å². The molecule has 10 nitrogen and oxygen atoms in total. The number of benzene rings is 1. The Balaban J connectivity index is 1.99. The van der Waals surface area contributed by atoms with E-state index in [1.54, 1.807) is 0 Å². The molecule has 2 aromatic rings. The van der Waals surface area contributed by atoms with E-state index < -0.39 is 63.8 Å². The fourth-order valence-electron chi connectivity index (χ4n) is 3.23. The Morgan fingerprint density at radius 3 is 2.18 bits per heavy atom. The number of ether oxygens (including phenoxy) is 2. The number of amides is 1. The molecule has 1 aromatic heterocycles. The van der Waals surface area contributed by atoms with Crippen LogP contribution in [0.15, 0.2) is 24.3 Å². The Labute approximate surface area is 212 Å². The third kappa shape index (κ3) is 8.34. The second kappa shape index (κ2) is 10.4. The van der Waals surface area contributed by atoms with Gasteiger partial charge < -0.3 is 19.9 Å². The molecule has 1 amide bonds. The van der Waals surface area contributed by atoms with Gasteiger partial charge in [0.05, 0.1) is 11.9 Å². The van der Waals surface area contributed by atoms with Gasteiger partial charge in [-0.3, -0.25) is 4.72 Å². The predicted octanol–water partition coefficient (Wildman–Crippen LogP) is 3.72. The summed E-state index contributed by atoms with van der Waals surface area (Å²) in [4.78, 5) is 18.9. The summed E-state index contributed by atoms with van der Waals surface area (Å²) in [6.45, 7) is -0.921. The van der Waals surface area contributed by atoms with Gasteiger partial charge in [0.15, 0.2) is 6.61 Å². The first-order valence-electron chi connectivity index (χ1n) is 10.8. The minimum absolute atomic E-state index is 0.0347. The summed E-state index contributed by atoms with van der Waals surface area (Å²) in [5.41, 5.74) is -4.02. The van der Waals surface area contributed by atoms with Gasteiger partial charge in [0.1, 0.15) is 5.69 Å². The van der Waals surface area contributed by atoms with Crippen LogP contribution in [0.3, 0.4) is 0 Å². The van der Waals surface area contributed by atoms with Crippen molar-refractivity contribution in [2.24, 2.45) is 5.92 Å². The maximum Gasteiger partial charge on any atom is 0.438 e. The van der Waals surface area contributed by atoms with Crippen molar-refractivity contribution in [3.63, 3.8) is 0 Å². The molecule has 17 heteroatoms. The highest BCUT2D eigenvalue weighted by Gasteiger charge is 2.42. The SMILES string of the molecule is CC(O)(CNC(=O)Oc1nc(-c2ccc(NS(C)(=O)=O)cc2)c(OCC(F)(F)F)nc1C(F)(F)F)C1CC1. The molecule has 1 heterocycles. The first-order chi connectivity index (χ1) is 17.3. The van der Waals surface area contributed by atoms with Crippen LogP contribution in [-0.4, -0.2) is 60.8 Å². The highest BCUT2D eigenvalue weighted by molar-refractivity contribution is 7.92. The van der Waals surface area contributed by atoms with Crippen LogP contribution in [0.4, 0.5) is 36.8 Å². The molecule has 1 saturated carbocycles. The summed E-state index contributed by atoms with van der Waals surface area (Å²) in [6, 6.07) is 4.58. The molecule has 1 fully saturated rings. The molecule has 0 aliphatic heterocycles. The molecule has 210 valence electrons. The maximum absolute atomic E-state index is 13.7. The van der Waals surface area contributed by atoms with Crippen molar-refractivity contribution >= 4 is 21.8 Å². The van der Waals surface area contributed by atoms with Gasteiger partial charge in [-0.25, -0.2) is 23.2 Å². The topological polar surface area (TPSA) is 140 Å². The average molecular weight is 572 g/mol. The van der Waals surface area contributed by atoms with E-state index >= 15 is 0 Å². The Morgan fingerprint density at radius 1 is 1.08 bits per heavy atom. The van der Waals surface area contributed by atoms with Crippen LogP contribution in [0.5, 0.6) is 11.8 Å². The van der Waals surface area contributed by atoms with Crippen molar-refractivity contribution in [2.45, 2.75) is 37.7 Å². The summed E-state index contributed by atoms with van der Waals surface area (Å²) >= 11 is 0. The fraction of sp³-hybridized carbons (Fsp3) is 0.476. The molecular formula is C21H22F6N4O6S. The van der Waals surface area contributed by atoms with Crippen LogP contribution >= 0.6 is 0 Å². The second-order valence-corrected chi connectivity index (χ2v) is 10.5. The van der Waals surface area contributed by atoms with Crippen molar-refractivity contribution < 1.29 is 54.1 Å². The minimum atomic E-state index is -5.32. The number of aromatic nitrogens is 2. The molecule has 1 aliphatic carbocycles. The van der Waals surface area contributed by atoms with E-state index in [2.05, 4.69) is 24.7 Å². The normalized spacial score (nSPS) is 15.9. The molecule has 1 unspecified atom stereocenters. The zero-order valence-corrected chi connectivity index (χ0v) is 20.6. The van der Waals surface area contributed by atoms with Crippen LogP contribution in [0.2, 0.25) is 0 Å². The number of carbonyl (C=O) groups is 1. The molecule has 0 radical (unpaired) electrons. The van der Waals surface area contributed by atoms with Crippen LogP contribution < -0.4 is 19.5 Å². The third-order valence-electron chi connectivity index (χ3n) is 5.17. The Hall–Kier alpha value is -3.34. The number of halogens is 6. The van der Waals surface area contributed by atoms with Gasteiger partial charge in [-0.2, -0.15) is 26.3 Å². The quantitative estimate of drug-likeness (QED) is 0.387. The lowest BCUT2D eigenvalue weighted by atomic mass is 10.0. The number of alkyl halides is 6. The molecule has 0 spiro atoms. The number of hydrogen-bond donors (Lipinski definition) is 3. The van der Waals surface area contributed by atoms with E-state index in [1.807, 2.05) is 0 Å². The minimum Gasteiger partial charge on any atom is -0.466 e. The maximum atomic E-state index is 13.7. The van der Waals surface area contributed by atoms with Crippen molar-refractivity contribution in [1.82, 2.24) is 15.3 Å². The largest absolute Gasteiger partial charge is 0.466 e. The van der Waals surface area contributed by atoms with Crippen LogP contribution in [-0.2, 0) is 16.2 Å². The van der Waals surface area contributed by atoms with E-state index in [9.17, 15) is 44.7 Å². The summed E-state index contributed by atoms with van der Waals surface area (Å²) in [7, 11) is -3.68. The zero-order chi connectivity index (χ0) is 28.5. The summed E-state index contributed by atoms with van der Waals surface area (Å²) in [5.74, 6) is -2.65. The Kier molecular flexibility index (Phi) is 8.02. The highest BCUT2D eigenvalue weighted by atomic mass is 32.2. The van der Waals surface area contributed by atoms with Gasteiger partial charge in [0.25, 0.3) is 5.88 Å². The van der Waals surface area contributed by atoms with Crippen molar-refractivity contribution in [3.8, 4) is 23.0 Å². The molecule has 3 rings (SSSR count). The molecule has 3 N–H and O–H groups in total. The third-order valence-corrected chi connectivity index (χ3v) is 5.78. The highest BCUT2D eigenvalue weighted by Crippen LogP contribution is 2.40. The molecular weight excluding hydrogens is 550 g/mol. The van der Waals surface area contributed by atoms with Crippen molar-refractivity contribution in [1.29, 1.82) is 0 Å². The van der Waals surface area contributed by atoms with Gasteiger partial charge in [-0.15, -0.1) is 0 Å². The number of rotatable bonds is 9. The van der Waals surface area contributed by atoms with E-state index in [0.29, 0.717) is 12.8 Å². The van der Waals surface area contributed by atoms with Crippen LogP contribution in [0.25, 0.3) is 11.3 Å². The predicted molar refractivity (Wildman–Crippen MR) is 120 cm³/mol. The molecule has 0 saturated heterocycles. The first kappa shape index (κ1) is 29.2. The molecule has 1 atom stereocenters. The summed E-state index contributed by atoms with van der Waals surface area (Å²) in [6.07, 6.45) is -9.41. The van der Waals surface area contributed by atoms with Crippen LogP contribution in [0.1, 0.15) is 25.5 Å². The average Bonchev–Trinajstić information content (AvgIpc) is 3.61. The standard InChI is InChI=1S/C21H22F6N4O6S/c1-19(33,12-5-6-12)9-28-18(32)37-17-15(21(25,26)27)30-16(36-10-20(22,23)24)14(29-17)11-3-7-13(8-4-11)31-38(2,34)35/h3-4,7-8,12,31,33H,5-6,9-10H2,1-2H3,(H,28,32). The number of hydrogen-bond acceptors (Lipinski definition) is 8. The van der Waals surface area contributed by atoms with Gasteiger partial charge >= 0.3 is 18.4 Å². The second-order valence-electron chi connectivity index (χ2n) is 8.76. The number of carbonyl (C=O) groups excluding carboxylic acids is 1. The van der Waals surface area contributed by atoms with E-state index in [4.69, 9.17) is 4.74 Å². The zero-order valence-electron chi connectivity index (χ0n) is 19.8. The molecule has 1 aromatic carbocycles. The van der Waals surface area contributed by atoms with E-state index in [0.717, 1.165) is 30.5 Å². The van der Waals surface area contributed by atoms with Gasteiger partial charge in [0, 0.05) is 17.8 Å². The number of anilines is 1. The molecule has 0 bridgehead atoms. The fourth-order valence-corrected chi connectivity index (χ4v) is 3.80. The lowest BCUT2D eigenvalue weighted by Crippen LogP contribution is -2.43. The summed E-state index contributed by atoms with van der Waals surface area (Å²) in [5, 5.41) is 12.4. The van der Waals surface area contributed by atoms with Gasteiger partial charge in [-0.05, 0) is 37.8 Å². The van der Waals surface area contributed by atoms with E-state index in [1.165, 1.54) is 6.92 Å². The van der Waals surface area contributed by atoms with E-state index in [-0.39, 0.29) is 23.7 Å². The lowest BCUT2D eigenvalue weighted by molar-refractivity contribution is -0.154. The smallest absolute Gasteiger partial charge is 0.438 e. The van der Waals surface area contributed by atoms with Crippen molar-refractivity contribution in [2.75, 3.05) is 24.1 Å². The number of aliphatic hydroxyl groups is 1. The monoisotopic (exact) mass is 572 g/mol. The lowest BCUT2D eigenvalue weighted by Gasteiger charge is -2.23. The number of sulfonamides is 1.